The van der Waals surface area contributed by atoms with Crippen molar-refractivity contribution in [2.24, 2.45) is 0 Å². The van der Waals surface area contributed by atoms with Crippen molar-refractivity contribution in [3.63, 3.8) is 0 Å². The van der Waals surface area contributed by atoms with E-state index in [0.717, 1.165) is 22.4 Å². The Bertz CT molecular complexity index is 551. The summed E-state index contributed by atoms with van der Waals surface area (Å²) >= 11 is 0. The molecule has 0 atom stereocenters. The Labute approximate surface area is 80.4 Å². The maximum Gasteiger partial charge on any atom is 0.136 e. The third-order valence-corrected chi connectivity index (χ3v) is 2.24. The van der Waals surface area contributed by atoms with Crippen molar-refractivity contribution in [3.05, 3.63) is 42.9 Å². The van der Waals surface area contributed by atoms with Crippen LogP contribution in [0.15, 0.2) is 47.3 Å². The molecule has 0 spiro atoms. The van der Waals surface area contributed by atoms with E-state index in [1.165, 1.54) is 0 Å². The maximum atomic E-state index is 5.34. The number of aromatic nitrogens is 2. The number of aromatic amines is 1. The second-order valence-corrected chi connectivity index (χ2v) is 3.08. The summed E-state index contributed by atoms with van der Waals surface area (Å²) in [5.41, 5.74) is 3.00. The van der Waals surface area contributed by atoms with Crippen LogP contribution in [0, 0.1) is 0 Å². The number of hydrogen-bond acceptors (Lipinski definition) is 2. The van der Waals surface area contributed by atoms with Gasteiger partial charge in [0.25, 0.3) is 0 Å². The zero-order valence-corrected chi connectivity index (χ0v) is 7.40. The van der Waals surface area contributed by atoms with Gasteiger partial charge in [0.1, 0.15) is 5.76 Å². The van der Waals surface area contributed by atoms with Crippen LogP contribution in [0.2, 0.25) is 0 Å². The lowest BCUT2D eigenvalue weighted by Gasteiger charge is -1.96. The van der Waals surface area contributed by atoms with Crippen molar-refractivity contribution in [3.8, 4) is 11.3 Å². The fraction of sp³-hybridized carbons (Fsp3) is 0. The highest BCUT2D eigenvalue weighted by Crippen LogP contribution is 2.26. The number of rotatable bonds is 1. The molecule has 0 amide bonds. The van der Waals surface area contributed by atoms with E-state index in [-0.39, 0.29) is 0 Å². The third-order valence-electron chi connectivity index (χ3n) is 2.24. The lowest BCUT2D eigenvalue weighted by Crippen LogP contribution is -1.76. The molecule has 0 bridgehead atoms. The van der Waals surface area contributed by atoms with Crippen LogP contribution in [0.1, 0.15) is 0 Å². The molecule has 0 aliphatic carbocycles. The summed E-state index contributed by atoms with van der Waals surface area (Å²) in [5.74, 6) is 0.850. The van der Waals surface area contributed by atoms with Gasteiger partial charge in [-0.2, -0.15) is 0 Å². The summed E-state index contributed by atoms with van der Waals surface area (Å²) in [6, 6.07) is 9.79. The Morgan fingerprint density at radius 1 is 1.14 bits per heavy atom. The van der Waals surface area contributed by atoms with Crippen LogP contribution in [-0.2, 0) is 0 Å². The first-order valence-electron chi connectivity index (χ1n) is 4.41. The van der Waals surface area contributed by atoms with E-state index in [9.17, 15) is 0 Å². The fourth-order valence-corrected chi connectivity index (χ4v) is 1.60. The van der Waals surface area contributed by atoms with Crippen molar-refractivity contribution in [1.29, 1.82) is 0 Å². The Kier molecular flexibility index (Phi) is 1.44. The summed E-state index contributed by atoms with van der Waals surface area (Å²) < 4.78 is 5.34. The predicted octanol–water partition coefficient (Wildman–Crippen LogP) is 2.82. The van der Waals surface area contributed by atoms with Gasteiger partial charge in [0.15, 0.2) is 0 Å². The van der Waals surface area contributed by atoms with Gasteiger partial charge < -0.3 is 9.40 Å². The van der Waals surface area contributed by atoms with E-state index in [1.807, 2.05) is 30.3 Å². The number of nitrogens with zero attached hydrogens (tertiary/aromatic N) is 1. The first-order valence-corrected chi connectivity index (χ1v) is 4.41. The minimum Gasteiger partial charge on any atom is -0.464 e. The molecule has 0 aliphatic heterocycles. The highest BCUT2D eigenvalue weighted by atomic mass is 16.3. The molecule has 0 saturated heterocycles. The molecule has 3 aromatic rings. The predicted molar refractivity (Wildman–Crippen MR) is 53.8 cm³/mol. The van der Waals surface area contributed by atoms with Gasteiger partial charge >= 0.3 is 0 Å². The first-order chi connectivity index (χ1) is 6.95. The second-order valence-electron chi connectivity index (χ2n) is 3.08. The molecule has 68 valence electrons. The van der Waals surface area contributed by atoms with Crippen molar-refractivity contribution < 1.29 is 4.42 Å². The highest BCUT2D eigenvalue weighted by Gasteiger charge is 2.06. The molecule has 2 aromatic heterocycles. The molecule has 0 radical (unpaired) electrons. The zero-order valence-electron chi connectivity index (χ0n) is 7.40. The SMILES string of the molecule is c1coc(-c2cccc3[nH]cnc23)c1. The summed E-state index contributed by atoms with van der Waals surface area (Å²) in [6.07, 6.45) is 3.36. The molecular weight excluding hydrogens is 176 g/mol. The average molecular weight is 184 g/mol. The van der Waals surface area contributed by atoms with Gasteiger partial charge in [0.05, 0.1) is 23.6 Å². The van der Waals surface area contributed by atoms with Crippen LogP contribution < -0.4 is 0 Å². The summed E-state index contributed by atoms with van der Waals surface area (Å²) in [4.78, 5) is 7.33. The van der Waals surface area contributed by atoms with Gasteiger partial charge in [0.2, 0.25) is 0 Å². The molecule has 14 heavy (non-hydrogen) atoms. The highest BCUT2D eigenvalue weighted by molar-refractivity contribution is 5.89. The summed E-state index contributed by atoms with van der Waals surface area (Å²) in [5, 5.41) is 0. The molecule has 1 N–H and O–H groups in total. The van der Waals surface area contributed by atoms with E-state index in [2.05, 4.69) is 9.97 Å². The molecule has 0 saturated carbocycles. The Balaban J connectivity index is 2.36. The number of hydrogen-bond donors (Lipinski definition) is 1. The first kappa shape index (κ1) is 7.38. The molecule has 0 aliphatic rings. The van der Waals surface area contributed by atoms with Crippen LogP contribution in [-0.4, -0.2) is 9.97 Å². The molecule has 2 heterocycles. The molecule has 3 heteroatoms. The standard InChI is InChI=1S/C11H8N2O/c1-3-8(10-5-2-6-14-10)11-9(4-1)12-7-13-11/h1-7H,(H,12,13). The Morgan fingerprint density at radius 3 is 3.00 bits per heavy atom. The quantitative estimate of drug-likeness (QED) is 0.631. The van der Waals surface area contributed by atoms with Crippen molar-refractivity contribution in [2.75, 3.05) is 0 Å². The van der Waals surface area contributed by atoms with E-state index in [4.69, 9.17) is 4.42 Å². The minimum atomic E-state index is 0.850. The average Bonchev–Trinajstić information content (AvgIpc) is 2.88. The van der Waals surface area contributed by atoms with Gasteiger partial charge in [-0.25, -0.2) is 4.98 Å². The van der Waals surface area contributed by atoms with Crippen LogP contribution >= 0.6 is 0 Å². The smallest absolute Gasteiger partial charge is 0.136 e. The van der Waals surface area contributed by atoms with Crippen LogP contribution in [0.4, 0.5) is 0 Å². The molecule has 1 aromatic carbocycles. The molecule has 3 nitrogen and oxygen atoms in total. The van der Waals surface area contributed by atoms with Gasteiger partial charge in [0, 0.05) is 5.56 Å². The van der Waals surface area contributed by atoms with Crippen LogP contribution in [0.25, 0.3) is 22.4 Å². The van der Waals surface area contributed by atoms with Gasteiger partial charge in [-0.15, -0.1) is 0 Å². The van der Waals surface area contributed by atoms with Gasteiger partial charge in [-0.3, -0.25) is 0 Å². The summed E-state index contributed by atoms with van der Waals surface area (Å²) in [6.45, 7) is 0. The molecular formula is C11H8N2O. The fourth-order valence-electron chi connectivity index (χ4n) is 1.60. The van der Waals surface area contributed by atoms with E-state index < -0.39 is 0 Å². The zero-order chi connectivity index (χ0) is 9.38. The molecule has 0 unspecified atom stereocenters. The molecule has 0 fully saturated rings. The number of benzene rings is 1. The number of fused-ring (bicyclic) bond motifs is 1. The molecule has 3 rings (SSSR count). The number of furan rings is 1. The monoisotopic (exact) mass is 184 g/mol. The maximum absolute atomic E-state index is 5.34. The lowest BCUT2D eigenvalue weighted by molar-refractivity contribution is 0.583. The largest absolute Gasteiger partial charge is 0.464 e. The number of H-pyrrole nitrogens is 1. The van der Waals surface area contributed by atoms with Gasteiger partial charge in [-0.1, -0.05) is 6.07 Å². The topological polar surface area (TPSA) is 41.8 Å². The lowest BCUT2D eigenvalue weighted by atomic mass is 10.1. The van der Waals surface area contributed by atoms with E-state index >= 15 is 0 Å². The summed E-state index contributed by atoms with van der Waals surface area (Å²) in [7, 11) is 0. The normalized spacial score (nSPS) is 10.9. The number of nitrogens with one attached hydrogen (secondary N) is 1. The van der Waals surface area contributed by atoms with E-state index in [0.29, 0.717) is 0 Å². The second kappa shape index (κ2) is 2.73. The van der Waals surface area contributed by atoms with Gasteiger partial charge in [-0.05, 0) is 24.3 Å². The van der Waals surface area contributed by atoms with Crippen LogP contribution in [0.5, 0.6) is 0 Å². The van der Waals surface area contributed by atoms with E-state index in [1.54, 1.807) is 12.6 Å². The number of para-hydroxylation sites is 1. The Morgan fingerprint density at radius 2 is 2.14 bits per heavy atom. The third kappa shape index (κ3) is 0.956. The number of imidazole rings is 1. The van der Waals surface area contributed by atoms with Crippen molar-refractivity contribution in [2.45, 2.75) is 0 Å². The van der Waals surface area contributed by atoms with Crippen LogP contribution in [0.3, 0.4) is 0 Å². The van der Waals surface area contributed by atoms with Crippen molar-refractivity contribution in [1.82, 2.24) is 9.97 Å². The van der Waals surface area contributed by atoms with Crippen molar-refractivity contribution >= 4 is 11.0 Å². The Hall–Kier alpha value is -2.03. The minimum absolute atomic E-state index is 0.850.